The molecule has 1 N–H and O–H groups in total. The zero-order valence-electron chi connectivity index (χ0n) is 15.1. The van der Waals surface area contributed by atoms with E-state index in [0.717, 1.165) is 17.7 Å². The fourth-order valence-electron chi connectivity index (χ4n) is 3.41. The number of thioether (sulfide) groups is 1. The van der Waals surface area contributed by atoms with Gasteiger partial charge in [0, 0.05) is 11.0 Å². The lowest BCUT2D eigenvalue weighted by Crippen LogP contribution is -2.53. The second-order valence-corrected chi connectivity index (χ2v) is 9.93. The molecule has 0 spiro atoms. The van der Waals surface area contributed by atoms with Crippen molar-refractivity contribution >= 4 is 21.8 Å². The van der Waals surface area contributed by atoms with Crippen LogP contribution in [0.1, 0.15) is 17.5 Å². The van der Waals surface area contributed by atoms with Crippen LogP contribution in [0.4, 0.5) is 0 Å². The molecule has 0 amide bonds. The number of fused-ring (bicyclic) bond motifs is 2. The molecule has 2 aromatic carbocycles. The number of rotatable bonds is 6. The molecule has 2 aliphatic heterocycles. The standard InChI is InChI=1S/C20H23NO4S2/c1-14-7-9-17(10-8-14)27(22,23)21-19-18(11-16-12-24-20(19)25-16)26-13-15-5-3-2-4-6-15/h2-10,16,18-21H,11-13H2,1H3/t16-,18-,19+,20+/m0/s1. The highest BCUT2D eigenvalue weighted by atomic mass is 32.2. The van der Waals surface area contributed by atoms with E-state index in [4.69, 9.17) is 9.47 Å². The van der Waals surface area contributed by atoms with Crippen molar-refractivity contribution in [1.82, 2.24) is 4.72 Å². The van der Waals surface area contributed by atoms with Crippen molar-refractivity contribution in [3.05, 3.63) is 65.7 Å². The third-order valence-electron chi connectivity index (χ3n) is 4.89. The summed E-state index contributed by atoms with van der Waals surface area (Å²) in [6.07, 6.45) is 0.287. The van der Waals surface area contributed by atoms with E-state index >= 15 is 0 Å². The first kappa shape index (κ1) is 19.0. The highest BCUT2D eigenvalue weighted by molar-refractivity contribution is 7.99. The van der Waals surface area contributed by atoms with E-state index in [2.05, 4.69) is 16.9 Å². The van der Waals surface area contributed by atoms with Gasteiger partial charge in [0.2, 0.25) is 10.0 Å². The lowest BCUT2D eigenvalue weighted by Gasteiger charge is -2.35. The summed E-state index contributed by atoms with van der Waals surface area (Å²) in [5.74, 6) is 0.827. The number of benzene rings is 2. The molecule has 4 rings (SSSR count). The van der Waals surface area contributed by atoms with Crippen LogP contribution in [0.15, 0.2) is 59.5 Å². The summed E-state index contributed by atoms with van der Waals surface area (Å²) in [5, 5.41) is 0.0941. The molecule has 7 heteroatoms. The highest BCUT2D eigenvalue weighted by Crippen LogP contribution is 2.36. The predicted molar refractivity (Wildman–Crippen MR) is 106 cm³/mol. The van der Waals surface area contributed by atoms with Crippen molar-refractivity contribution in [2.24, 2.45) is 0 Å². The second kappa shape index (κ2) is 7.93. The number of aryl methyl sites for hydroxylation is 1. The number of sulfonamides is 1. The maximum absolute atomic E-state index is 12.9. The van der Waals surface area contributed by atoms with Crippen LogP contribution < -0.4 is 4.72 Å². The Hall–Kier alpha value is -1.38. The molecule has 5 nitrogen and oxygen atoms in total. The van der Waals surface area contributed by atoms with Crippen LogP contribution in [-0.4, -0.2) is 38.7 Å². The van der Waals surface area contributed by atoms with Gasteiger partial charge in [-0.05, 0) is 31.0 Å². The Morgan fingerprint density at radius 1 is 1.11 bits per heavy atom. The zero-order valence-corrected chi connectivity index (χ0v) is 16.7. The number of ether oxygens (including phenoxy) is 2. The summed E-state index contributed by atoms with van der Waals surface area (Å²) in [4.78, 5) is 0.264. The van der Waals surface area contributed by atoms with Crippen molar-refractivity contribution in [1.29, 1.82) is 0 Å². The minimum absolute atomic E-state index is 0.0448. The van der Waals surface area contributed by atoms with Gasteiger partial charge in [0.15, 0.2) is 6.29 Å². The molecular weight excluding hydrogens is 382 g/mol. The van der Waals surface area contributed by atoms with Crippen LogP contribution in [0, 0.1) is 6.92 Å². The summed E-state index contributed by atoms with van der Waals surface area (Å²) in [6.45, 7) is 2.46. The van der Waals surface area contributed by atoms with Gasteiger partial charge in [-0.1, -0.05) is 48.0 Å². The van der Waals surface area contributed by atoms with E-state index in [-0.39, 0.29) is 16.2 Å². The minimum atomic E-state index is -3.64. The molecule has 2 bridgehead atoms. The van der Waals surface area contributed by atoms with E-state index in [1.54, 1.807) is 36.0 Å². The maximum atomic E-state index is 12.9. The molecule has 0 saturated carbocycles. The van der Waals surface area contributed by atoms with Crippen LogP contribution in [-0.2, 0) is 25.2 Å². The van der Waals surface area contributed by atoms with Gasteiger partial charge in [-0.25, -0.2) is 13.1 Å². The summed E-state index contributed by atoms with van der Waals surface area (Å²) in [7, 11) is -3.64. The van der Waals surface area contributed by atoms with Gasteiger partial charge in [-0.15, -0.1) is 0 Å². The van der Waals surface area contributed by atoms with E-state index < -0.39 is 22.4 Å². The van der Waals surface area contributed by atoms with Gasteiger partial charge in [0.25, 0.3) is 0 Å². The van der Waals surface area contributed by atoms with Crippen LogP contribution >= 0.6 is 11.8 Å². The number of hydrogen-bond acceptors (Lipinski definition) is 5. The van der Waals surface area contributed by atoms with Crippen molar-refractivity contribution < 1.29 is 17.9 Å². The van der Waals surface area contributed by atoms with Crippen molar-refractivity contribution in [3.63, 3.8) is 0 Å². The topological polar surface area (TPSA) is 64.6 Å². The van der Waals surface area contributed by atoms with Crippen LogP contribution in [0.3, 0.4) is 0 Å². The molecule has 0 aliphatic carbocycles. The summed E-state index contributed by atoms with van der Waals surface area (Å²) in [6, 6.07) is 16.7. The zero-order chi connectivity index (χ0) is 18.9. The lowest BCUT2D eigenvalue weighted by molar-refractivity contribution is -0.0956. The summed E-state index contributed by atoms with van der Waals surface area (Å²) < 4.78 is 40.1. The molecule has 4 atom stereocenters. The van der Waals surface area contributed by atoms with Gasteiger partial charge in [0.1, 0.15) is 0 Å². The van der Waals surface area contributed by atoms with E-state index in [0.29, 0.717) is 6.61 Å². The quantitative estimate of drug-likeness (QED) is 0.800. The molecule has 0 unspecified atom stereocenters. The SMILES string of the molecule is Cc1ccc(S(=O)(=O)N[C@H]2[C@@H]3OC[C@H](C[C@@H]2SCc2ccccc2)O3)cc1. The molecule has 2 aromatic rings. The third-order valence-corrected chi connectivity index (χ3v) is 7.78. The minimum Gasteiger partial charge on any atom is -0.348 e. The molecule has 144 valence electrons. The van der Waals surface area contributed by atoms with Crippen LogP contribution in [0.2, 0.25) is 0 Å². The highest BCUT2D eigenvalue weighted by Gasteiger charge is 2.46. The fraction of sp³-hybridized carbons (Fsp3) is 0.400. The molecule has 0 aromatic heterocycles. The Balaban J connectivity index is 1.51. The third kappa shape index (κ3) is 4.38. The van der Waals surface area contributed by atoms with Crippen molar-refractivity contribution in [3.8, 4) is 0 Å². The van der Waals surface area contributed by atoms with Gasteiger partial charge >= 0.3 is 0 Å². The van der Waals surface area contributed by atoms with Crippen LogP contribution in [0.5, 0.6) is 0 Å². The first-order valence-electron chi connectivity index (χ1n) is 9.03. The molecule has 27 heavy (non-hydrogen) atoms. The van der Waals surface area contributed by atoms with Crippen molar-refractivity contribution in [2.75, 3.05) is 6.61 Å². The van der Waals surface area contributed by atoms with Gasteiger partial charge in [0.05, 0.1) is 23.6 Å². The van der Waals surface area contributed by atoms with Gasteiger partial charge in [-0.3, -0.25) is 0 Å². The maximum Gasteiger partial charge on any atom is 0.241 e. The van der Waals surface area contributed by atoms with Crippen molar-refractivity contribution in [2.45, 2.75) is 47.7 Å². The normalized spacial score (nSPS) is 27.6. The molecule has 2 aliphatic rings. The first-order chi connectivity index (χ1) is 13.0. The average Bonchev–Trinajstić information content (AvgIpc) is 3.07. The summed E-state index contributed by atoms with van der Waals surface area (Å²) in [5.41, 5.74) is 2.25. The fourth-order valence-corrected chi connectivity index (χ4v) is 6.11. The number of hydrogen-bond donors (Lipinski definition) is 1. The Morgan fingerprint density at radius 2 is 1.85 bits per heavy atom. The Kier molecular flexibility index (Phi) is 5.57. The predicted octanol–water partition coefficient (Wildman–Crippen LogP) is 3.09. The first-order valence-corrected chi connectivity index (χ1v) is 11.6. The molecule has 2 fully saturated rings. The second-order valence-electron chi connectivity index (χ2n) is 6.99. The molecule has 2 heterocycles. The Labute approximate surface area is 164 Å². The Bertz CT molecular complexity index is 871. The summed E-state index contributed by atoms with van der Waals surface area (Å²) >= 11 is 1.76. The van der Waals surface area contributed by atoms with E-state index in [1.165, 1.54) is 5.56 Å². The van der Waals surface area contributed by atoms with E-state index in [9.17, 15) is 8.42 Å². The molecule has 0 radical (unpaired) electrons. The monoisotopic (exact) mass is 405 g/mol. The average molecular weight is 406 g/mol. The molecular formula is C20H23NO4S2. The Morgan fingerprint density at radius 3 is 2.59 bits per heavy atom. The van der Waals surface area contributed by atoms with Crippen LogP contribution in [0.25, 0.3) is 0 Å². The largest absolute Gasteiger partial charge is 0.348 e. The smallest absolute Gasteiger partial charge is 0.241 e. The van der Waals surface area contributed by atoms with Gasteiger partial charge < -0.3 is 9.47 Å². The molecule has 2 saturated heterocycles. The lowest BCUT2D eigenvalue weighted by atomic mass is 10.1. The van der Waals surface area contributed by atoms with Gasteiger partial charge in [-0.2, -0.15) is 11.8 Å². The number of nitrogens with one attached hydrogen (secondary N) is 1. The van der Waals surface area contributed by atoms with E-state index in [1.807, 2.05) is 25.1 Å².